The highest BCUT2D eigenvalue weighted by Gasteiger charge is 2.36. The van der Waals surface area contributed by atoms with E-state index in [1.807, 2.05) is 31.2 Å². The van der Waals surface area contributed by atoms with Gasteiger partial charge in [-0.1, -0.05) is 18.2 Å². The zero-order valence-corrected chi connectivity index (χ0v) is 11.1. The largest absolute Gasteiger partial charge is 0.481 e. The highest BCUT2D eigenvalue weighted by molar-refractivity contribution is 5.99. The maximum absolute atomic E-state index is 12.2. The van der Waals surface area contributed by atoms with Crippen LogP contribution < -0.4 is 5.32 Å². The molecular formula is C15H15NO4. The predicted molar refractivity (Wildman–Crippen MR) is 72.6 cm³/mol. The van der Waals surface area contributed by atoms with Gasteiger partial charge in [0, 0.05) is 17.0 Å². The Morgan fingerprint density at radius 1 is 1.30 bits per heavy atom. The summed E-state index contributed by atoms with van der Waals surface area (Å²) in [6, 6.07) is 7.42. The number of para-hydroxylation sites is 1. The molecule has 1 aliphatic rings. The molecule has 3 rings (SSSR count). The van der Waals surface area contributed by atoms with Crippen LogP contribution in [0.5, 0.6) is 0 Å². The summed E-state index contributed by atoms with van der Waals surface area (Å²) in [6.07, 6.45) is 0.973. The molecule has 1 aromatic carbocycles. The molecule has 104 valence electrons. The number of carbonyl (C=O) groups excluding carboxylic acids is 1. The zero-order valence-electron chi connectivity index (χ0n) is 11.1. The van der Waals surface area contributed by atoms with Gasteiger partial charge in [0.1, 0.15) is 5.58 Å². The molecule has 5 nitrogen and oxygen atoms in total. The first-order valence-electron chi connectivity index (χ1n) is 6.58. The van der Waals surface area contributed by atoms with Crippen LogP contribution in [0.3, 0.4) is 0 Å². The van der Waals surface area contributed by atoms with Gasteiger partial charge in [-0.05, 0) is 25.8 Å². The fraction of sp³-hybridized carbons (Fsp3) is 0.333. The predicted octanol–water partition coefficient (Wildman–Crippen LogP) is 2.33. The standard InChI is InChI=1S/C15H15NO4/c1-8-11-4-2-3-5-12(11)20-13(8)14(17)16-10-6-9(7-10)15(18)19/h2-5,9-10H,6-7H2,1H3,(H,16,17)(H,18,19). The zero-order chi connectivity index (χ0) is 14.3. The normalized spacial score (nSPS) is 21.4. The summed E-state index contributed by atoms with van der Waals surface area (Å²) >= 11 is 0. The molecule has 1 aliphatic carbocycles. The molecular weight excluding hydrogens is 258 g/mol. The van der Waals surface area contributed by atoms with E-state index in [0.29, 0.717) is 24.2 Å². The lowest BCUT2D eigenvalue weighted by Crippen LogP contribution is -2.46. The smallest absolute Gasteiger partial charge is 0.306 e. The molecule has 0 aliphatic heterocycles. The van der Waals surface area contributed by atoms with E-state index in [-0.39, 0.29) is 17.9 Å². The number of hydrogen-bond acceptors (Lipinski definition) is 3. The third-order valence-electron chi connectivity index (χ3n) is 3.87. The summed E-state index contributed by atoms with van der Waals surface area (Å²) in [5, 5.41) is 12.6. The number of aliphatic carboxylic acids is 1. The first kappa shape index (κ1) is 12.7. The number of furan rings is 1. The van der Waals surface area contributed by atoms with Crippen molar-refractivity contribution in [3.63, 3.8) is 0 Å². The van der Waals surface area contributed by atoms with Crippen molar-refractivity contribution in [2.75, 3.05) is 0 Å². The molecule has 0 radical (unpaired) electrons. The lowest BCUT2D eigenvalue weighted by Gasteiger charge is -2.32. The second-order valence-corrected chi connectivity index (χ2v) is 5.23. The van der Waals surface area contributed by atoms with Gasteiger partial charge < -0.3 is 14.8 Å². The molecule has 1 heterocycles. The van der Waals surface area contributed by atoms with Gasteiger partial charge >= 0.3 is 5.97 Å². The number of rotatable bonds is 3. The Balaban J connectivity index is 1.74. The van der Waals surface area contributed by atoms with Crippen LogP contribution in [0.4, 0.5) is 0 Å². The van der Waals surface area contributed by atoms with Gasteiger partial charge in [-0.15, -0.1) is 0 Å². The van der Waals surface area contributed by atoms with Gasteiger partial charge in [0.25, 0.3) is 5.91 Å². The Bertz CT molecular complexity index is 682. The van der Waals surface area contributed by atoms with Crippen LogP contribution in [0.15, 0.2) is 28.7 Å². The molecule has 2 N–H and O–H groups in total. The molecule has 2 aromatic rings. The fourth-order valence-corrected chi connectivity index (χ4v) is 2.58. The average molecular weight is 273 g/mol. The maximum atomic E-state index is 12.2. The van der Waals surface area contributed by atoms with Crippen molar-refractivity contribution in [1.29, 1.82) is 0 Å². The molecule has 0 atom stereocenters. The molecule has 5 heteroatoms. The highest BCUT2D eigenvalue weighted by atomic mass is 16.4. The number of carboxylic acid groups (broad SMARTS) is 1. The number of aryl methyl sites for hydroxylation is 1. The van der Waals surface area contributed by atoms with Crippen LogP contribution in [-0.2, 0) is 4.79 Å². The molecule has 1 amide bonds. The van der Waals surface area contributed by atoms with Gasteiger partial charge in [-0.25, -0.2) is 0 Å². The van der Waals surface area contributed by atoms with E-state index in [2.05, 4.69) is 5.32 Å². The van der Waals surface area contributed by atoms with Crippen molar-refractivity contribution < 1.29 is 19.1 Å². The van der Waals surface area contributed by atoms with E-state index in [1.54, 1.807) is 0 Å². The molecule has 1 aromatic heterocycles. The van der Waals surface area contributed by atoms with Gasteiger partial charge in [-0.2, -0.15) is 0 Å². The summed E-state index contributed by atoms with van der Waals surface area (Å²) in [5.74, 6) is -1.09. The average Bonchev–Trinajstić information content (AvgIpc) is 2.71. The van der Waals surface area contributed by atoms with E-state index in [4.69, 9.17) is 9.52 Å². The lowest BCUT2D eigenvalue weighted by atomic mass is 9.80. The second kappa shape index (κ2) is 4.67. The first-order valence-corrected chi connectivity index (χ1v) is 6.58. The van der Waals surface area contributed by atoms with E-state index in [9.17, 15) is 9.59 Å². The van der Waals surface area contributed by atoms with Crippen LogP contribution in [0.1, 0.15) is 29.0 Å². The summed E-state index contributed by atoms with van der Waals surface area (Å²) in [4.78, 5) is 22.9. The van der Waals surface area contributed by atoms with Crippen LogP contribution >= 0.6 is 0 Å². The summed E-state index contributed by atoms with van der Waals surface area (Å²) < 4.78 is 5.58. The van der Waals surface area contributed by atoms with Crippen molar-refractivity contribution in [1.82, 2.24) is 5.32 Å². The Kier molecular flexibility index (Phi) is 2.97. The van der Waals surface area contributed by atoms with Crippen LogP contribution in [-0.4, -0.2) is 23.0 Å². The lowest BCUT2D eigenvalue weighted by molar-refractivity contribution is -0.145. The van der Waals surface area contributed by atoms with Crippen LogP contribution in [0.2, 0.25) is 0 Å². The molecule has 1 fully saturated rings. The minimum absolute atomic E-state index is 0.0730. The molecule has 20 heavy (non-hydrogen) atoms. The third kappa shape index (κ3) is 2.05. The van der Waals surface area contributed by atoms with Crippen molar-refractivity contribution in [3.05, 3.63) is 35.6 Å². The van der Waals surface area contributed by atoms with Crippen molar-refractivity contribution in [3.8, 4) is 0 Å². The number of fused-ring (bicyclic) bond motifs is 1. The minimum Gasteiger partial charge on any atom is -0.481 e. The van der Waals surface area contributed by atoms with E-state index < -0.39 is 5.97 Å². The SMILES string of the molecule is Cc1c(C(=O)NC2CC(C(=O)O)C2)oc2ccccc12. The maximum Gasteiger partial charge on any atom is 0.306 e. The van der Waals surface area contributed by atoms with Gasteiger partial charge in [0.2, 0.25) is 0 Å². The molecule has 0 saturated heterocycles. The number of hydrogen-bond donors (Lipinski definition) is 2. The Hall–Kier alpha value is -2.30. The van der Waals surface area contributed by atoms with E-state index in [1.165, 1.54) is 0 Å². The summed E-state index contributed by atoms with van der Waals surface area (Å²) in [7, 11) is 0. The minimum atomic E-state index is -0.796. The monoisotopic (exact) mass is 273 g/mol. The van der Waals surface area contributed by atoms with Crippen LogP contribution in [0, 0.1) is 12.8 Å². The Morgan fingerprint density at radius 2 is 2.00 bits per heavy atom. The van der Waals surface area contributed by atoms with Crippen LogP contribution in [0.25, 0.3) is 11.0 Å². The summed E-state index contributed by atoms with van der Waals surface area (Å²) in [5.41, 5.74) is 1.50. The Labute approximate surface area is 115 Å². The topological polar surface area (TPSA) is 79.5 Å². The molecule has 1 saturated carbocycles. The molecule has 0 unspecified atom stereocenters. The fourth-order valence-electron chi connectivity index (χ4n) is 2.58. The van der Waals surface area contributed by atoms with Crippen molar-refractivity contribution in [2.24, 2.45) is 5.92 Å². The first-order chi connectivity index (χ1) is 9.56. The van der Waals surface area contributed by atoms with Gasteiger partial charge in [0.05, 0.1) is 5.92 Å². The van der Waals surface area contributed by atoms with Crippen molar-refractivity contribution in [2.45, 2.75) is 25.8 Å². The van der Waals surface area contributed by atoms with Gasteiger partial charge in [-0.3, -0.25) is 9.59 Å². The third-order valence-corrected chi connectivity index (χ3v) is 3.87. The highest BCUT2D eigenvalue weighted by Crippen LogP contribution is 2.29. The quantitative estimate of drug-likeness (QED) is 0.899. The molecule has 0 spiro atoms. The Morgan fingerprint density at radius 3 is 2.65 bits per heavy atom. The van der Waals surface area contributed by atoms with E-state index in [0.717, 1.165) is 10.9 Å². The van der Waals surface area contributed by atoms with E-state index >= 15 is 0 Å². The van der Waals surface area contributed by atoms with Gasteiger partial charge in [0.15, 0.2) is 5.76 Å². The number of carbonyl (C=O) groups is 2. The van der Waals surface area contributed by atoms with Crippen molar-refractivity contribution >= 4 is 22.8 Å². The number of amides is 1. The number of benzene rings is 1. The molecule has 0 bridgehead atoms. The number of carboxylic acids is 1. The summed E-state index contributed by atoms with van der Waals surface area (Å²) in [6.45, 7) is 1.85. The second-order valence-electron chi connectivity index (χ2n) is 5.23. The number of nitrogens with one attached hydrogen (secondary N) is 1.